The van der Waals surface area contributed by atoms with Gasteiger partial charge in [0.15, 0.2) is 0 Å². The van der Waals surface area contributed by atoms with Gasteiger partial charge in [-0.25, -0.2) is 4.98 Å². The quantitative estimate of drug-likeness (QED) is 0.547. The Morgan fingerprint density at radius 1 is 1.07 bits per heavy atom. The average molecular weight is 398 g/mol. The molecule has 0 bridgehead atoms. The van der Waals surface area contributed by atoms with Gasteiger partial charge in [-0.1, -0.05) is 63.6 Å². The third kappa shape index (κ3) is 4.62. The van der Waals surface area contributed by atoms with Crippen molar-refractivity contribution in [3.63, 3.8) is 0 Å². The second-order valence-corrected chi connectivity index (χ2v) is 8.19. The lowest BCUT2D eigenvalue weighted by Crippen LogP contribution is -2.27. The molecule has 0 amide bonds. The van der Waals surface area contributed by atoms with Crippen LogP contribution >= 0.6 is 11.6 Å². The van der Waals surface area contributed by atoms with Gasteiger partial charge < -0.3 is 10.3 Å². The van der Waals surface area contributed by atoms with Crippen molar-refractivity contribution in [2.75, 3.05) is 0 Å². The molecule has 4 nitrogen and oxygen atoms in total. The zero-order valence-electron chi connectivity index (χ0n) is 16.9. The van der Waals surface area contributed by atoms with Crippen LogP contribution in [0.2, 0.25) is 5.02 Å². The van der Waals surface area contributed by atoms with Crippen LogP contribution < -0.4 is 10.9 Å². The molecule has 3 rings (SSSR count). The van der Waals surface area contributed by atoms with Crippen molar-refractivity contribution in [2.45, 2.75) is 52.6 Å². The summed E-state index contributed by atoms with van der Waals surface area (Å²) in [6, 6.07) is 14.2. The zero-order valence-corrected chi connectivity index (χ0v) is 17.7. The number of nitrogens with one attached hydrogen (secondary N) is 2. The van der Waals surface area contributed by atoms with E-state index in [2.05, 4.69) is 67.2 Å². The second-order valence-electron chi connectivity index (χ2n) is 7.75. The topological polar surface area (TPSA) is 57.8 Å². The fourth-order valence-corrected chi connectivity index (χ4v) is 3.62. The van der Waals surface area contributed by atoms with Gasteiger partial charge in [-0.3, -0.25) is 4.79 Å². The predicted molar refractivity (Wildman–Crippen MR) is 117 cm³/mol. The maximum Gasteiger partial charge on any atom is 0.258 e. The van der Waals surface area contributed by atoms with Crippen LogP contribution in [-0.4, -0.2) is 9.97 Å². The molecule has 28 heavy (non-hydrogen) atoms. The summed E-state index contributed by atoms with van der Waals surface area (Å²) in [4.78, 5) is 19.8. The molecule has 0 aliphatic heterocycles. The van der Waals surface area contributed by atoms with Crippen LogP contribution in [0.15, 0.2) is 47.3 Å². The van der Waals surface area contributed by atoms with Crippen LogP contribution in [0.1, 0.15) is 63.0 Å². The molecular weight excluding hydrogens is 370 g/mol. The van der Waals surface area contributed by atoms with Gasteiger partial charge in [0.05, 0.1) is 17.4 Å². The summed E-state index contributed by atoms with van der Waals surface area (Å²) in [5.41, 5.74) is 3.09. The zero-order chi connectivity index (χ0) is 20.3. The highest BCUT2D eigenvalue weighted by atomic mass is 35.5. The Hall–Kier alpha value is -2.17. The van der Waals surface area contributed by atoms with Crippen molar-refractivity contribution in [1.29, 1.82) is 0 Å². The van der Waals surface area contributed by atoms with E-state index < -0.39 is 0 Å². The van der Waals surface area contributed by atoms with E-state index in [0.29, 0.717) is 40.1 Å². The molecule has 2 aromatic carbocycles. The van der Waals surface area contributed by atoms with E-state index in [9.17, 15) is 4.79 Å². The van der Waals surface area contributed by atoms with Crippen molar-refractivity contribution in [3.05, 3.63) is 74.8 Å². The number of nitrogens with zero attached hydrogens (tertiary/aromatic N) is 1. The number of fused-ring (bicyclic) bond motifs is 1. The smallest absolute Gasteiger partial charge is 0.258 e. The van der Waals surface area contributed by atoms with E-state index >= 15 is 0 Å². The van der Waals surface area contributed by atoms with E-state index in [1.54, 1.807) is 18.2 Å². The molecule has 0 unspecified atom stereocenters. The number of halogens is 1. The lowest BCUT2D eigenvalue weighted by atomic mass is 9.92. The van der Waals surface area contributed by atoms with E-state index in [0.717, 1.165) is 6.42 Å². The average Bonchev–Trinajstić information content (AvgIpc) is 2.67. The molecule has 1 heterocycles. The largest absolute Gasteiger partial charge is 0.309 e. The summed E-state index contributed by atoms with van der Waals surface area (Å²) in [6.45, 7) is 9.32. The van der Waals surface area contributed by atoms with E-state index in [4.69, 9.17) is 11.6 Å². The molecule has 0 saturated carbocycles. The molecule has 5 heteroatoms. The number of hydrogen-bond acceptors (Lipinski definition) is 3. The Morgan fingerprint density at radius 2 is 1.75 bits per heavy atom. The van der Waals surface area contributed by atoms with E-state index in [1.807, 2.05) is 0 Å². The Labute approximate surface area is 171 Å². The highest BCUT2D eigenvalue weighted by Crippen LogP contribution is 2.25. The van der Waals surface area contributed by atoms with Crippen LogP contribution in [0.5, 0.6) is 0 Å². The van der Waals surface area contributed by atoms with Gasteiger partial charge in [0.2, 0.25) is 0 Å². The number of H-pyrrole nitrogens is 1. The molecule has 148 valence electrons. The van der Waals surface area contributed by atoms with Crippen LogP contribution in [0.3, 0.4) is 0 Å². The fourth-order valence-electron chi connectivity index (χ4n) is 3.46. The second kappa shape index (κ2) is 8.89. The van der Waals surface area contributed by atoms with Gasteiger partial charge >= 0.3 is 0 Å². The molecule has 0 fully saturated rings. The Morgan fingerprint density at radius 3 is 2.39 bits per heavy atom. The lowest BCUT2D eigenvalue weighted by Gasteiger charge is -2.23. The van der Waals surface area contributed by atoms with Crippen molar-refractivity contribution in [1.82, 2.24) is 15.3 Å². The first kappa shape index (κ1) is 20.6. The summed E-state index contributed by atoms with van der Waals surface area (Å²) in [5, 5.41) is 4.68. The van der Waals surface area contributed by atoms with Gasteiger partial charge in [0, 0.05) is 11.1 Å². The Bertz CT molecular complexity index is 995. The molecule has 1 aromatic heterocycles. The highest BCUT2D eigenvalue weighted by Gasteiger charge is 2.16. The minimum atomic E-state index is -0.141. The molecule has 0 spiro atoms. The van der Waals surface area contributed by atoms with Gasteiger partial charge in [-0.05, 0) is 47.6 Å². The van der Waals surface area contributed by atoms with Crippen LogP contribution in [-0.2, 0) is 6.54 Å². The Kier molecular flexibility index (Phi) is 6.53. The SMILES string of the molecule is CC[C@@H](C)c1ccc([C@@H](NCc2nc3cc(Cl)ccc3c(=O)[nH]2)C(C)C)cc1. The number of hydrogen-bond donors (Lipinski definition) is 2. The standard InChI is InChI=1S/C23H28ClN3O/c1-5-15(4)16-6-8-17(9-7-16)22(14(2)3)25-13-21-26-20-12-18(24)10-11-19(20)23(28)27-21/h6-12,14-15,22,25H,5,13H2,1-4H3,(H,26,27,28)/t15-,22+/m1/s1. The van der Waals surface area contributed by atoms with Gasteiger partial charge in [0.1, 0.15) is 5.82 Å². The first-order valence-electron chi connectivity index (χ1n) is 9.90. The number of benzene rings is 2. The summed E-state index contributed by atoms with van der Waals surface area (Å²) >= 11 is 6.05. The maximum atomic E-state index is 12.3. The first-order chi connectivity index (χ1) is 13.4. The van der Waals surface area contributed by atoms with Crippen molar-refractivity contribution in [3.8, 4) is 0 Å². The van der Waals surface area contributed by atoms with Gasteiger partial charge in [-0.15, -0.1) is 0 Å². The summed E-state index contributed by atoms with van der Waals surface area (Å²) in [6.07, 6.45) is 1.14. The monoisotopic (exact) mass is 397 g/mol. The lowest BCUT2D eigenvalue weighted by molar-refractivity contribution is 0.406. The first-order valence-corrected chi connectivity index (χ1v) is 10.3. The van der Waals surface area contributed by atoms with Crippen LogP contribution in [0, 0.1) is 5.92 Å². The van der Waals surface area contributed by atoms with Crippen LogP contribution in [0.4, 0.5) is 0 Å². The maximum absolute atomic E-state index is 12.3. The van der Waals surface area contributed by atoms with Gasteiger partial charge in [0.25, 0.3) is 5.56 Å². The highest BCUT2D eigenvalue weighted by molar-refractivity contribution is 6.31. The molecule has 0 saturated heterocycles. The molecule has 3 aromatic rings. The molecule has 0 radical (unpaired) electrons. The Balaban J connectivity index is 1.80. The molecule has 2 atom stereocenters. The number of aromatic amines is 1. The number of rotatable bonds is 7. The van der Waals surface area contributed by atoms with E-state index in [-0.39, 0.29) is 11.6 Å². The minimum absolute atomic E-state index is 0.141. The van der Waals surface area contributed by atoms with Crippen molar-refractivity contribution >= 4 is 22.5 Å². The van der Waals surface area contributed by atoms with Crippen molar-refractivity contribution in [2.24, 2.45) is 5.92 Å². The van der Waals surface area contributed by atoms with Gasteiger partial charge in [-0.2, -0.15) is 0 Å². The summed E-state index contributed by atoms with van der Waals surface area (Å²) in [5.74, 6) is 1.58. The summed E-state index contributed by atoms with van der Waals surface area (Å²) in [7, 11) is 0. The van der Waals surface area contributed by atoms with Crippen LogP contribution in [0.25, 0.3) is 10.9 Å². The number of aromatic nitrogens is 2. The molecular formula is C23H28ClN3O. The third-order valence-corrected chi connectivity index (χ3v) is 5.59. The normalized spacial score (nSPS) is 13.8. The van der Waals surface area contributed by atoms with Crippen molar-refractivity contribution < 1.29 is 0 Å². The fraction of sp³-hybridized carbons (Fsp3) is 0.391. The molecule has 0 aliphatic carbocycles. The predicted octanol–water partition coefficient (Wildman–Crippen LogP) is 5.58. The molecule has 2 N–H and O–H groups in total. The van der Waals surface area contributed by atoms with E-state index in [1.165, 1.54) is 11.1 Å². The summed E-state index contributed by atoms with van der Waals surface area (Å²) < 4.78 is 0. The third-order valence-electron chi connectivity index (χ3n) is 5.35. The minimum Gasteiger partial charge on any atom is -0.309 e. The molecule has 0 aliphatic rings.